The van der Waals surface area contributed by atoms with Crippen LogP contribution in [0.2, 0.25) is 0 Å². The lowest BCUT2D eigenvalue weighted by molar-refractivity contribution is -0.129. The molecule has 0 aliphatic carbocycles. The minimum atomic E-state index is -0.841. The number of Topliss-reactive ketones (excluding diaryl/α,β-unsaturated/α-hetero) is 1. The van der Waals surface area contributed by atoms with Gasteiger partial charge >= 0.3 is 0 Å². The number of aliphatic hydroxyl groups is 1. The Morgan fingerprint density at radius 2 is 1.30 bits per heavy atom. The highest BCUT2D eigenvalue weighted by Crippen LogP contribution is 2.17. The van der Waals surface area contributed by atoms with Crippen LogP contribution in [-0.4, -0.2) is 45.7 Å². The van der Waals surface area contributed by atoms with Crippen LogP contribution >= 0.6 is 0 Å². The number of hydrogen-bond donors (Lipinski definition) is 2. The van der Waals surface area contributed by atoms with Crippen molar-refractivity contribution in [1.29, 1.82) is 0 Å². The number of amides is 2. The first kappa shape index (κ1) is 23.3. The number of aliphatic hydroxyl groups excluding tert-OH is 1. The summed E-state index contributed by atoms with van der Waals surface area (Å²) in [7, 11) is 0. The van der Waals surface area contributed by atoms with E-state index in [1.165, 1.54) is 29.2 Å². The zero-order chi connectivity index (χ0) is 22.4. The number of carbonyl (C=O) groups excluding carboxylic acids is 3. The first-order valence-corrected chi connectivity index (χ1v) is 10.1. The molecular formula is C24H30N2O4. The van der Waals surface area contributed by atoms with Crippen molar-refractivity contribution in [3.8, 4) is 0 Å². The van der Waals surface area contributed by atoms with Crippen LogP contribution in [0.5, 0.6) is 0 Å². The first-order valence-electron chi connectivity index (χ1n) is 10.1. The number of carbonyl (C=O) groups is 3. The molecule has 2 aromatic carbocycles. The van der Waals surface area contributed by atoms with Crippen molar-refractivity contribution in [2.75, 3.05) is 0 Å². The van der Waals surface area contributed by atoms with Crippen molar-refractivity contribution in [1.82, 2.24) is 10.2 Å². The van der Waals surface area contributed by atoms with E-state index in [4.69, 9.17) is 0 Å². The van der Waals surface area contributed by atoms with Gasteiger partial charge in [0.15, 0.2) is 0 Å². The van der Waals surface area contributed by atoms with Gasteiger partial charge < -0.3 is 15.3 Å². The number of rotatable bonds is 8. The molecule has 0 aliphatic heterocycles. The molecule has 0 spiro atoms. The second-order valence-corrected chi connectivity index (χ2v) is 7.92. The Balaban J connectivity index is 2.06. The summed E-state index contributed by atoms with van der Waals surface area (Å²) in [5, 5.41) is 13.2. The summed E-state index contributed by atoms with van der Waals surface area (Å²) >= 11 is 0. The first-order chi connectivity index (χ1) is 14.1. The topological polar surface area (TPSA) is 86.7 Å². The van der Waals surface area contributed by atoms with E-state index in [-0.39, 0.29) is 23.6 Å². The summed E-state index contributed by atoms with van der Waals surface area (Å²) in [5.41, 5.74) is 1.29. The lowest BCUT2D eigenvalue weighted by atomic mass is 10.0. The van der Waals surface area contributed by atoms with E-state index in [0.29, 0.717) is 11.1 Å². The molecule has 0 unspecified atom stereocenters. The maximum Gasteiger partial charge on any atom is 0.295 e. The monoisotopic (exact) mass is 410 g/mol. The molecule has 6 nitrogen and oxygen atoms in total. The fourth-order valence-electron chi connectivity index (χ4n) is 3.39. The minimum absolute atomic E-state index is 0.0935. The van der Waals surface area contributed by atoms with Crippen LogP contribution in [-0.2, 0) is 4.79 Å². The normalized spacial score (nSPS) is 13.1. The van der Waals surface area contributed by atoms with Gasteiger partial charge in [-0.3, -0.25) is 14.4 Å². The lowest BCUT2D eigenvalue weighted by Gasteiger charge is -2.30. The molecule has 0 fully saturated rings. The molecule has 0 saturated carbocycles. The molecule has 0 radical (unpaired) electrons. The second-order valence-electron chi connectivity index (χ2n) is 7.92. The van der Waals surface area contributed by atoms with E-state index in [1.54, 1.807) is 19.1 Å². The molecule has 0 bridgehead atoms. The maximum absolute atomic E-state index is 12.6. The predicted octanol–water partition coefficient (Wildman–Crippen LogP) is 3.37. The Hall–Kier alpha value is -2.99. The van der Waals surface area contributed by atoms with Gasteiger partial charge in [0.2, 0.25) is 5.78 Å². The van der Waals surface area contributed by atoms with Gasteiger partial charge in [0.1, 0.15) is 0 Å². The van der Waals surface area contributed by atoms with Crippen molar-refractivity contribution in [2.45, 2.75) is 58.8 Å². The number of nitrogens with one attached hydrogen (secondary N) is 1. The van der Waals surface area contributed by atoms with Crippen LogP contribution < -0.4 is 5.32 Å². The predicted molar refractivity (Wildman–Crippen MR) is 116 cm³/mol. The molecule has 2 amide bonds. The zero-order valence-corrected chi connectivity index (χ0v) is 18.1. The summed E-state index contributed by atoms with van der Waals surface area (Å²) in [4.78, 5) is 39.2. The summed E-state index contributed by atoms with van der Waals surface area (Å²) in [6.07, 6.45) is -0.841. The fraction of sp³-hybridized carbons (Fsp3) is 0.375. The highest BCUT2D eigenvalue weighted by molar-refractivity contribution is 6.42. The Morgan fingerprint density at radius 3 is 1.80 bits per heavy atom. The maximum atomic E-state index is 12.6. The van der Waals surface area contributed by atoms with Crippen LogP contribution in [0, 0.1) is 0 Å². The third-order valence-electron chi connectivity index (χ3n) is 4.92. The van der Waals surface area contributed by atoms with Gasteiger partial charge in [-0.15, -0.1) is 0 Å². The van der Waals surface area contributed by atoms with Crippen molar-refractivity contribution < 1.29 is 19.5 Å². The Morgan fingerprint density at radius 1 is 0.800 bits per heavy atom. The quantitative estimate of drug-likeness (QED) is 0.516. The van der Waals surface area contributed by atoms with E-state index in [1.807, 2.05) is 45.9 Å². The summed E-state index contributed by atoms with van der Waals surface area (Å²) in [6, 6.07) is 14.4. The van der Waals surface area contributed by atoms with Crippen molar-refractivity contribution >= 4 is 17.6 Å². The number of benzene rings is 2. The summed E-state index contributed by atoms with van der Waals surface area (Å²) < 4.78 is 0. The molecule has 2 rings (SSSR count). The molecular weight excluding hydrogens is 380 g/mol. The molecule has 0 heterocycles. The van der Waals surface area contributed by atoms with Gasteiger partial charge in [-0.05, 0) is 52.3 Å². The molecule has 0 saturated heterocycles. The molecule has 30 heavy (non-hydrogen) atoms. The summed E-state index contributed by atoms with van der Waals surface area (Å²) in [6.45, 7) is 9.18. The molecule has 2 N–H and O–H groups in total. The van der Waals surface area contributed by atoms with Crippen LogP contribution in [0.1, 0.15) is 67.0 Å². The van der Waals surface area contributed by atoms with E-state index in [0.717, 1.165) is 0 Å². The number of ketones is 1. The van der Waals surface area contributed by atoms with Gasteiger partial charge in [0.25, 0.3) is 11.8 Å². The lowest BCUT2D eigenvalue weighted by Crippen LogP contribution is -2.45. The average Bonchev–Trinajstić information content (AvgIpc) is 2.72. The second kappa shape index (κ2) is 10.2. The Labute approximate surface area is 177 Å². The van der Waals surface area contributed by atoms with Gasteiger partial charge in [0, 0.05) is 23.2 Å². The van der Waals surface area contributed by atoms with Crippen molar-refractivity contribution in [2.24, 2.45) is 0 Å². The average molecular weight is 411 g/mol. The third-order valence-corrected chi connectivity index (χ3v) is 4.92. The largest absolute Gasteiger partial charge is 0.386 e. The Kier molecular flexibility index (Phi) is 7.89. The van der Waals surface area contributed by atoms with Gasteiger partial charge in [0.05, 0.1) is 12.1 Å². The van der Waals surface area contributed by atoms with Crippen LogP contribution in [0.25, 0.3) is 0 Å². The van der Waals surface area contributed by atoms with Crippen LogP contribution in [0.15, 0.2) is 54.6 Å². The van der Waals surface area contributed by atoms with Gasteiger partial charge in [-0.2, -0.15) is 0 Å². The highest BCUT2D eigenvalue weighted by atomic mass is 16.3. The molecule has 0 aromatic heterocycles. The standard InChI is InChI=1S/C24H30N2O4/c1-15(2)26(16(3)4)24(30)22(28)19-11-13-20(14-12-19)23(29)25-17(5)21(27)18-9-7-6-8-10-18/h6-17,21,27H,1-5H3,(H,25,29)/t17-,21-/m0/s1. The van der Waals surface area contributed by atoms with E-state index in [2.05, 4.69) is 5.32 Å². The molecule has 2 atom stereocenters. The number of nitrogens with zero attached hydrogens (tertiary/aromatic N) is 1. The van der Waals surface area contributed by atoms with Crippen molar-refractivity contribution in [3.05, 3.63) is 71.3 Å². The Bertz CT molecular complexity index is 868. The van der Waals surface area contributed by atoms with Crippen molar-refractivity contribution in [3.63, 3.8) is 0 Å². The number of hydrogen-bond acceptors (Lipinski definition) is 4. The minimum Gasteiger partial charge on any atom is -0.386 e. The van der Waals surface area contributed by atoms with Gasteiger partial charge in [-0.25, -0.2) is 0 Å². The van der Waals surface area contributed by atoms with E-state index < -0.39 is 23.8 Å². The van der Waals surface area contributed by atoms with Crippen LogP contribution in [0.3, 0.4) is 0 Å². The van der Waals surface area contributed by atoms with Gasteiger partial charge in [-0.1, -0.05) is 42.5 Å². The molecule has 2 aromatic rings. The summed E-state index contributed by atoms with van der Waals surface area (Å²) in [5.74, 6) is -1.53. The SMILES string of the molecule is CC(C)N(C(=O)C(=O)c1ccc(C(=O)N[C@@H](C)[C@H](O)c2ccccc2)cc1)C(C)C. The fourth-order valence-corrected chi connectivity index (χ4v) is 3.39. The third kappa shape index (κ3) is 5.54. The highest BCUT2D eigenvalue weighted by Gasteiger charge is 2.27. The van der Waals surface area contributed by atoms with Crippen LogP contribution in [0.4, 0.5) is 0 Å². The zero-order valence-electron chi connectivity index (χ0n) is 18.1. The van der Waals surface area contributed by atoms with E-state index >= 15 is 0 Å². The molecule has 0 aliphatic rings. The molecule has 160 valence electrons. The smallest absolute Gasteiger partial charge is 0.295 e. The molecule has 6 heteroatoms. The van der Waals surface area contributed by atoms with E-state index in [9.17, 15) is 19.5 Å².